The molecule has 1 saturated heterocycles. The van der Waals surface area contributed by atoms with Crippen molar-refractivity contribution in [2.75, 3.05) is 39.3 Å². The van der Waals surface area contributed by atoms with Crippen LogP contribution in [0.1, 0.15) is 60.6 Å². The molecule has 2 amide bonds. The van der Waals surface area contributed by atoms with Crippen LogP contribution < -0.4 is 5.32 Å². The first-order valence-corrected chi connectivity index (χ1v) is 12.0. The van der Waals surface area contributed by atoms with Crippen LogP contribution in [0.3, 0.4) is 0 Å². The van der Waals surface area contributed by atoms with Crippen LogP contribution in [0, 0.1) is 6.92 Å². The zero-order chi connectivity index (χ0) is 22.7. The summed E-state index contributed by atoms with van der Waals surface area (Å²) >= 11 is 0. The van der Waals surface area contributed by atoms with E-state index in [1.165, 1.54) is 0 Å². The molecular weight excluding hydrogens is 406 g/mol. The van der Waals surface area contributed by atoms with Crippen molar-refractivity contribution in [2.24, 2.45) is 0 Å². The van der Waals surface area contributed by atoms with Gasteiger partial charge in [-0.05, 0) is 57.8 Å². The van der Waals surface area contributed by atoms with Crippen LogP contribution in [0.5, 0.6) is 0 Å². The maximum atomic E-state index is 12.9. The van der Waals surface area contributed by atoms with Crippen LogP contribution in [0.15, 0.2) is 10.6 Å². The van der Waals surface area contributed by atoms with E-state index in [2.05, 4.69) is 24.1 Å². The Balaban J connectivity index is 1.41. The van der Waals surface area contributed by atoms with Gasteiger partial charge < -0.3 is 19.5 Å². The van der Waals surface area contributed by atoms with Crippen molar-refractivity contribution < 1.29 is 14.0 Å². The molecule has 0 bridgehead atoms. The number of nitrogens with zero attached hydrogens (tertiary/aromatic N) is 4. The number of hydrogen-bond donors (Lipinski definition) is 1. The number of aromatic nitrogens is 2. The van der Waals surface area contributed by atoms with Crippen LogP contribution in [-0.4, -0.2) is 70.7 Å². The highest BCUT2D eigenvalue weighted by molar-refractivity contribution is 5.95. The Morgan fingerprint density at radius 1 is 1.19 bits per heavy atom. The fraction of sp³-hybridized carbons (Fsp3) is 0.625. The molecule has 0 aromatic carbocycles. The van der Waals surface area contributed by atoms with E-state index in [4.69, 9.17) is 9.52 Å². The fourth-order valence-corrected chi connectivity index (χ4v) is 4.79. The lowest BCUT2D eigenvalue weighted by Crippen LogP contribution is -2.31. The molecule has 0 atom stereocenters. The van der Waals surface area contributed by atoms with E-state index in [0.717, 1.165) is 93.0 Å². The van der Waals surface area contributed by atoms with Crippen LogP contribution in [0.4, 0.5) is 0 Å². The number of hydrogen-bond acceptors (Lipinski definition) is 5. The fourth-order valence-electron chi connectivity index (χ4n) is 4.79. The van der Waals surface area contributed by atoms with E-state index in [1.54, 1.807) is 4.68 Å². The lowest BCUT2D eigenvalue weighted by atomic mass is 9.93. The largest absolute Gasteiger partial charge is 0.455 e. The molecule has 8 heteroatoms. The van der Waals surface area contributed by atoms with Gasteiger partial charge in [0, 0.05) is 43.4 Å². The molecule has 3 heterocycles. The molecule has 4 rings (SSSR count). The average Bonchev–Trinajstić information content (AvgIpc) is 3.52. The Morgan fingerprint density at radius 3 is 2.66 bits per heavy atom. The first-order chi connectivity index (χ1) is 15.5. The highest BCUT2D eigenvalue weighted by Gasteiger charge is 2.32. The summed E-state index contributed by atoms with van der Waals surface area (Å²) in [5.41, 5.74) is 3.76. The van der Waals surface area contributed by atoms with Crippen molar-refractivity contribution in [1.29, 1.82) is 0 Å². The summed E-state index contributed by atoms with van der Waals surface area (Å²) in [5.74, 6) is 1.24. The van der Waals surface area contributed by atoms with Crippen molar-refractivity contribution in [3.05, 3.63) is 28.8 Å². The van der Waals surface area contributed by atoms with Gasteiger partial charge in [0.2, 0.25) is 5.91 Å². The number of amides is 2. The third-order valence-corrected chi connectivity index (χ3v) is 6.68. The summed E-state index contributed by atoms with van der Waals surface area (Å²) in [6.07, 6.45) is 6.56. The van der Waals surface area contributed by atoms with Crippen molar-refractivity contribution in [1.82, 2.24) is 24.9 Å². The number of likely N-dealkylation sites (tertiary alicyclic amines) is 1. The van der Waals surface area contributed by atoms with Gasteiger partial charge in [-0.25, -0.2) is 0 Å². The minimum absolute atomic E-state index is 0.0144. The van der Waals surface area contributed by atoms with E-state index >= 15 is 0 Å². The zero-order valence-electron chi connectivity index (χ0n) is 19.6. The van der Waals surface area contributed by atoms with Crippen molar-refractivity contribution in [3.63, 3.8) is 0 Å². The minimum atomic E-state index is -0.0292. The first kappa shape index (κ1) is 22.6. The predicted octanol–water partition coefficient (Wildman–Crippen LogP) is 2.63. The Morgan fingerprint density at radius 2 is 1.94 bits per heavy atom. The van der Waals surface area contributed by atoms with Gasteiger partial charge in [0.15, 0.2) is 5.76 Å². The van der Waals surface area contributed by atoms with Crippen LogP contribution >= 0.6 is 0 Å². The molecule has 0 unspecified atom stereocenters. The highest BCUT2D eigenvalue weighted by atomic mass is 16.4. The third kappa shape index (κ3) is 4.60. The van der Waals surface area contributed by atoms with Gasteiger partial charge in [-0.3, -0.25) is 14.3 Å². The molecule has 1 aliphatic heterocycles. The molecule has 8 nitrogen and oxygen atoms in total. The molecule has 2 aromatic rings. The standard InChI is InChI=1S/C24H35N5O3/c1-4-27(5-2)12-8-11-25-20(30)16-29-15-18-9-10-19-21(22(18)26-29)17(3)23(32-19)24(31)28-13-6-7-14-28/h15H,4-14,16H2,1-3H3,(H,25,30). The summed E-state index contributed by atoms with van der Waals surface area (Å²) in [6.45, 7) is 11.8. The zero-order valence-corrected chi connectivity index (χ0v) is 19.6. The van der Waals surface area contributed by atoms with Gasteiger partial charge in [-0.1, -0.05) is 13.8 Å². The second kappa shape index (κ2) is 9.90. The Hall–Kier alpha value is -2.61. The van der Waals surface area contributed by atoms with Gasteiger partial charge in [0.1, 0.15) is 12.3 Å². The quantitative estimate of drug-likeness (QED) is 0.605. The monoisotopic (exact) mass is 441 g/mol. The number of nitrogens with one attached hydrogen (secondary N) is 1. The molecule has 174 valence electrons. The number of furan rings is 1. The Kier molecular flexibility index (Phi) is 6.98. The lowest BCUT2D eigenvalue weighted by Gasteiger charge is -2.17. The topological polar surface area (TPSA) is 83.6 Å². The molecule has 0 saturated carbocycles. The van der Waals surface area contributed by atoms with E-state index in [-0.39, 0.29) is 18.4 Å². The number of rotatable bonds is 9. The summed E-state index contributed by atoms with van der Waals surface area (Å²) in [6, 6.07) is 0. The van der Waals surface area contributed by atoms with E-state index in [9.17, 15) is 9.59 Å². The molecule has 0 radical (unpaired) electrons. The Bertz CT molecular complexity index is 967. The maximum Gasteiger partial charge on any atom is 0.289 e. The number of fused-ring (bicyclic) bond motifs is 3. The summed E-state index contributed by atoms with van der Waals surface area (Å²) in [4.78, 5) is 29.5. The molecule has 1 aliphatic carbocycles. The molecule has 2 aromatic heterocycles. The van der Waals surface area contributed by atoms with E-state index in [0.29, 0.717) is 12.3 Å². The second-order valence-corrected chi connectivity index (χ2v) is 8.78. The van der Waals surface area contributed by atoms with Crippen LogP contribution in [0.25, 0.3) is 11.3 Å². The van der Waals surface area contributed by atoms with Gasteiger partial charge in [0.25, 0.3) is 5.91 Å². The van der Waals surface area contributed by atoms with E-state index in [1.807, 2.05) is 18.0 Å². The number of carbonyl (C=O) groups excluding carboxylic acids is 2. The first-order valence-electron chi connectivity index (χ1n) is 12.0. The predicted molar refractivity (Wildman–Crippen MR) is 123 cm³/mol. The van der Waals surface area contributed by atoms with Crippen LogP contribution in [-0.2, 0) is 24.2 Å². The molecule has 32 heavy (non-hydrogen) atoms. The smallest absolute Gasteiger partial charge is 0.289 e. The average molecular weight is 442 g/mol. The van der Waals surface area contributed by atoms with Gasteiger partial charge in [0.05, 0.1) is 5.69 Å². The summed E-state index contributed by atoms with van der Waals surface area (Å²) in [7, 11) is 0. The normalized spacial score (nSPS) is 15.2. The maximum absolute atomic E-state index is 12.9. The van der Waals surface area contributed by atoms with Gasteiger partial charge >= 0.3 is 0 Å². The molecule has 1 N–H and O–H groups in total. The summed E-state index contributed by atoms with van der Waals surface area (Å²) in [5, 5.41) is 7.71. The summed E-state index contributed by atoms with van der Waals surface area (Å²) < 4.78 is 7.75. The highest BCUT2D eigenvalue weighted by Crippen LogP contribution is 2.38. The van der Waals surface area contributed by atoms with Gasteiger partial charge in [-0.15, -0.1) is 0 Å². The van der Waals surface area contributed by atoms with E-state index < -0.39 is 0 Å². The molecule has 0 spiro atoms. The third-order valence-electron chi connectivity index (χ3n) is 6.68. The number of carbonyl (C=O) groups is 2. The lowest BCUT2D eigenvalue weighted by molar-refractivity contribution is -0.121. The molecule has 2 aliphatic rings. The molecular formula is C24H35N5O3. The van der Waals surface area contributed by atoms with Crippen molar-refractivity contribution >= 4 is 11.8 Å². The van der Waals surface area contributed by atoms with Crippen molar-refractivity contribution in [2.45, 2.75) is 59.4 Å². The minimum Gasteiger partial charge on any atom is -0.455 e. The number of aryl methyl sites for hydroxylation is 2. The SMILES string of the molecule is CCN(CC)CCCNC(=O)Cn1cc2c(n1)-c1c(oc(C(=O)N3CCCC3)c1C)CC2. The van der Waals surface area contributed by atoms with Gasteiger partial charge in [-0.2, -0.15) is 5.10 Å². The van der Waals surface area contributed by atoms with Crippen LogP contribution in [0.2, 0.25) is 0 Å². The molecule has 1 fully saturated rings. The Labute approximate surface area is 189 Å². The van der Waals surface area contributed by atoms with Crippen molar-refractivity contribution in [3.8, 4) is 11.3 Å². The second-order valence-electron chi connectivity index (χ2n) is 8.78.